The lowest BCUT2D eigenvalue weighted by Gasteiger charge is -2.63. The molecule has 9 nitrogen and oxygen atoms in total. The predicted molar refractivity (Wildman–Crippen MR) is 144 cm³/mol. The second kappa shape index (κ2) is 10.8. The maximum atomic E-state index is 12.7. The second-order valence-electron chi connectivity index (χ2n) is 13.8. The highest BCUT2D eigenvalue weighted by Crippen LogP contribution is 2.68. The fourth-order valence-corrected chi connectivity index (χ4v) is 9.86. The summed E-state index contributed by atoms with van der Waals surface area (Å²) in [6, 6.07) is -0.998. The number of rotatable bonds is 8. The number of amides is 1. The number of nitrogens with zero attached hydrogens (tertiary/aromatic N) is 1. The zero-order valence-corrected chi connectivity index (χ0v) is 23.6. The van der Waals surface area contributed by atoms with Gasteiger partial charge in [-0.1, -0.05) is 20.8 Å². The van der Waals surface area contributed by atoms with Gasteiger partial charge in [-0.05, 0) is 97.7 Å². The van der Waals surface area contributed by atoms with E-state index in [1.807, 2.05) is 0 Å². The van der Waals surface area contributed by atoms with Crippen LogP contribution in [0.3, 0.4) is 0 Å². The zero-order chi connectivity index (χ0) is 28.1. The van der Waals surface area contributed by atoms with E-state index >= 15 is 0 Å². The summed E-state index contributed by atoms with van der Waals surface area (Å²) in [4.78, 5) is 31.3. The number of nitrogens with one attached hydrogen (secondary N) is 2. The van der Waals surface area contributed by atoms with E-state index in [1.54, 1.807) is 6.20 Å². The van der Waals surface area contributed by atoms with Gasteiger partial charge in [0, 0.05) is 24.7 Å². The molecular formula is C30H47N3O6. The number of aliphatic hydroxyl groups is 3. The van der Waals surface area contributed by atoms with Crippen LogP contribution in [0, 0.1) is 46.3 Å². The maximum absolute atomic E-state index is 12.7. The minimum atomic E-state index is -1.06. The van der Waals surface area contributed by atoms with Gasteiger partial charge in [-0.3, -0.25) is 4.79 Å². The summed E-state index contributed by atoms with van der Waals surface area (Å²) < 4.78 is 0. The largest absolute Gasteiger partial charge is 0.480 e. The van der Waals surface area contributed by atoms with E-state index < -0.39 is 24.2 Å². The van der Waals surface area contributed by atoms with Crippen LogP contribution in [0.1, 0.15) is 84.3 Å². The molecule has 0 bridgehead atoms. The van der Waals surface area contributed by atoms with Crippen LogP contribution in [0.25, 0.3) is 0 Å². The highest BCUT2D eigenvalue weighted by Gasteiger charge is 2.65. The number of carbonyl (C=O) groups is 2. The first-order chi connectivity index (χ1) is 18.5. The highest BCUT2D eigenvalue weighted by atomic mass is 16.4. The summed E-state index contributed by atoms with van der Waals surface area (Å²) in [5.74, 6) is 0.0872. The topological polar surface area (TPSA) is 156 Å². The minimum absolute atomic E-state index is 0.0410. The van der Waals surface area contributed by atoms with Gasteiger partial charge < -0.3 is 30.7 Å². The standard InChI is InChI=1S/C30H47N3O6/c1-16(4-7-24(35)33-23(28(38)39)12-17-14-31-15-32-17)19-5-6-20-25-21(9-11-29(19,20)2)30(3)10-8-18(34)13-22(30)26(36)27(25)37/h14-16,18-23,25-27,34,36-37H,4-13H2,1-3H3,(H,31,32)(H,33,35)(H,38,39)/t16-,18-,19-,20+,21+,22+,23+,25+,26-,27+,29-,30-/m1/s1. The van der Waals surface area contributed by atoms with Gasteiger partial charge in [0.25, 0.3) is 0 Å². The van der Waals surface area contributed by atoms with Gasteiger partial charge in [-0.2, -0.15) is 0 Å². The van der Waals surface area contributed by atoms with Crippen molar-refractivity contribution in [3.63, 3.8) is 0 Å². The van der Waals surface area contributed by atoms with Gasteiger partial charge in [-0.25, -0.2) is 9.78 Å². The molecule has 4 aliphatic rings. The number of imidazole rings is 1. The van der Waals surface area contributed by atoms with Crippen LogP contribution in [0.15, 0.2) is 12.5 Å². The Bertz CT molecular complexity index is 1030. The van der Waals surface area contributed by atoms with Gasteiger partial charge in [0.1, 0.15) is 6.04 Å². The van der Waals surface area contributed by atoms with Crippen molar-refractivity contribution in [3.05, 3.63) is 18.2 Å². The molecule has 0 aliphatic heterocycles. The van der Waals surface area contributed by atoms with Gasteiger partial charge in [-0.15, -0.1) is 0 Å². The molecule has 4 aliphatic carbocycles. The van der Waals surface area contributed by atoms with Crippen molar-refractivity contribution in [2.24, 2.45) is 46.3 Å². The number of aromatic amines is 1. The molecule has 1 aromatic rings. The quantitative estimate of drug-likeness (QED) is 0.293. The average Bonchev–Trinajstić information content (AvgIpc) is 3.53. The number of carbonyl (C=O) groups excluding carboxylic acids is 1. The molecule has 1 amide bonds. The molecule has 4 saturated carbocycles. The lowest BCUT2D eigenvalue weighted by Crippen LogP contribution is -2.64. The van der Waals surface area contributed by atoms with Crippen LogP contribution in [0.5, 0.6) is 0 Å². The Hall–Kier alpha value is -1.97. The third kappa shape index (κ3) is 5.04. The number of aliphatic hydroxyl groups excluding tert-OH is 3. The fraction of sp³-hybridized carbons (Fsp3) is 0.833. The van der Waals surface area contributed by atoms with E-state index in [0.717, 1.165) is 38.5 Å². The van der Waals surface area contributed by atoms with Crippen LogP contribution in [-0.4, -0.2) is 66.6 Å². The van der Waals surface area contributed by atoms with Crippen molar-refractivity contribution >= 4 is 11.9 Å². The van der Waals surface area contributed by atoms with E-state index in [1.165, 1.54) is 6.33 Å². The second-order valence-corrected chi connectivity index (χ2v) is 13.8. The molecule has 0 saturated heterocycles. The first-order valence-electron chi connectivity index (χ1n) is 15.0. The molecular weight excluding hydrogens is 498 g/mol. The number of carboxylic acids is 1. The van der Waals surface area contributed by atoms with E-state index in [9.17, 15) is 30.0 Å². The van der Waals surface area contributed by atoms with Crippen LogP contribution in [0.2, 0.25) is 0 Å². The van der Waals surface area contributed by atoms with E-state index in [0.29, 0.717) is 36.3 Å². The Balaban J connectivity index is 1.23. The molecule has 0 aromatic carbocycles. The van der Waals surface area contributed by atoms with Crippen molar-refractivity contribution in [2.45, 2.75) is 109 Å². The molecule has 1 heterocycles. The summed E-state index contributed by atoms with van der Waals surface area (Å²) in [5.41, 5.74) is 0.651. The van der Waals surface area contributed by atoms with Crippen LogP contribution >= 0.6 is 0 Å². The third-order valence-corrected chi connectivity index (χ3v) is 11.9. The van der Waals surface area contributed by atoms with Gasteiger partial charge >= 0.3 is 5.97 Å². The van der Waals surface area contributed by atoms with Crippen molar-refractivity contribution in [3.8, 4) is 0 Å². The van der Waals surface area contributed by atoms with Gasteiger partial charge in [0.05, 0.1) is 24.6 Å². The van der Waals surface area contributed by atoms with Crippen molar-refractivity contribution in [2.75, 3.05) is 0 Å². The Morgan fingerprint density at radius 3 is 2.46 bits per heavy atom. The maximum Gasteiger partial charge on any atom is 0.326 e. The molecule has 1 aromatic heterocycles. The van der Waals surface area contributed by atoms with E-state index in [2.05, 4.69) is 36.1 Å². The number of aliphatic carboxylic acids is 1. The normalized spacial score (nSPS) is 43.0. The summed E-state index contributed by atoms with van der Waals surface area (Å²) in [6.07, 6.45) is 8.68. The summed E-state index contributed by atoms with van der Waals surface area (Å²) in [6.45, 7) is 6.87. The Morgan fingerprint density at radius 2 is 1.77 bits per heavy atom. The molecule has 39 heavy (non-hydrogen) atoms. The molecule has 12 atom stereocenters. The number of H-pyrrole nitrogens is 1. The Kier molecular flexibility index (Phi) is 7.90. The highest BCUT2D eigenvalue weighted by molar-refractivity contribution is 5.83. The number of hydrogen-bond acceptors (Lipinski definition) is 6. The Labute approximate surface area is 231 Å². The fourth-order valence-electron chi connectivity index (χ4n) is 9.86. The lowest BCUT2D eigenvalue weighted by molar-refractivity contribution is -0.223. The van der Waals surface area contributed by atoms with Gasteiger partial charge in [0.2, 0.25) is 5.91 Å². The summed E-state index contributed by atoms with van der Waals surface area (Å²) >= 11 is 0. The third-order valence-electron chi connectivity index (χ3n) is 11.9. The number of aromatic nitrogens is 2. The smallest absolute Gasteiger partial charge is 0.326 e. The van der Waals surface area contributed by atoms with Crippen molar-refractivity contribution < 1.29 is 30.0 Å². The first kappa shape index (κ1) is 28.6. The molecule has 0 spiro atoms. The molecule has 218 valence electrons. The van der Waals surface area contributed by atoms with Crippen LogP contribution < -0.4 is 5.32 Å². The Morgan fingerprint density at radius 1 is 1.05 bits per heavy atom. The molecule has 6 N–H and O–H groups in total. The van der Waals surface area contributed by atoms with Crippen molar-refractivity contribution in [1.82, 2.24) is 15.3 Å². The van der Waals surface area contributed by atoms with Crippen molar-refractivity contribution in [1.29, 1.82) is 0 Å². The van der Waals surface area contributed by atoms with E-state index in [4.69, 9.17) is 0 Å². The minimum Gasteiger partial charge on any atom is -0.480 e. The lowest BCUT2D eigenvalue weighted by atomic mass is 9.43. The SMILES string of the molecule is C[C@H](CCC(=O)N[C@@H](Cc1cnc[nH]1)C(=O)O)[C@H]1CC[C@H]2[C@@H]3[C@H](O)[C@H](O)[C@@H]4C[C@H](O)CC[C@]4(C)[C@H]3CC[C@]12C. The number of carboxylic acid groups (broad SMARTS) is 1. The first-order valence-corrected chi connectivity index (χ1v) is 15.0. The molecule has 0 unspecified atom stereocenters. The molecule has 9 heteroatoms. The van der Waals surface area contributed by atoms with E-state index in [-0.39, 0.29) is 53.4 Å². The number of hydrogen-bond donors (Lipinski definition) is 6. The summed E-state index contributed by atoms with van der Waals surface area (Å²) in [5, 5.41) is 45.3. The average molecular weight is 546 g/mol. The monoisotopic (exact) mass is 545 g/mol. The number of fused-ring (bicyclic) bond motifs is 5. The van der Waals surface area contributed by atoms with Crippen LogP contribution in [0.4, 0.5) is 0 Å². The molecule has 5 rings (SSSR count). The zero-order valence-electron chi connectivity index (χ0n) is 23.6. The molecule has 0 radical (unpaired) electrons. The summed E-state index contributed by atoms with van der Waals surface area (Å²) in [7, 11) is 0. The van der Waals surface area contributed by atoms with Gasteiger partial charge in [0.15, 0.2) is 0 Å². The van der Waals surface area contributed by atoms with Crippen LogP contribution in [-0.2, 0) is 16.0 Å². The predicted octanol–water partition coefficient (Wildman–Crippen LogP) is 2.90. The molecule has 4 fully saturated rings.